The molecule has 1 atom stereocenters. The fourth-order valence-electron chi connectivity index (χ4n) is 1.23. The van der Waals surface area contributed by atoms with Gasteiger partial charge in [0.1, 0.15) is 0 Å². The molecule has 0 amide bonds. The van der Waals surface area contributed by atoms with Crippen molar-refractivity contribution in [3.05, 3.63) is 35.4 Å². The summed E-state index contributed by atoms with van der Waals surface area (Å²) in [7, 11) is 0. The summed E-state index contributed by atoms with van der Waals surface area (Å²) in [5, 5.41) is 9.10. The molecule has 0 fully saturated rings. The molecule has 1 heteroatoms. The van der Waals surface area contributed by atoms with E-state index in [-0.39, 0.29) is 6.10 Å². The van der Waals surface area contributed by atoms with Gasteiger partial charge in [0.05, 0.1) is 6.10 Å². The first-order chi connectivity index (χ1) is 4.38. The van der Waals surface area contributed by atoms with Crippen molar-refractivity contribution in [3.8, 4) is 0 Å². The number of rotatable bonds is 0. The van der Waals surface area contributed by atoms with E-state index >= 15 is 0 Å². The zero-order valence-electron chi connectivity index (χ0n) is 5.04. The summed E-state index contributed by atoms with van der Waals surface area (Å²) < 4.78 is 0. The van der Waals surface area contributed by atoms with Gasteiger partial charge in [-0.25, -0.2) is 0 Å². The van der Waals surface area contributed by atoms with Crippen LogP contribution in [-0.2, 0) is 6.42 Å². The van der Waals surface area contributed by atoms with Gasteiger partial charge in [0.15, 0.2) is 0 Å². The smallest absolute Gasteiger partial charge is 0.0833 e. The van der Waals surface area contributed by atoms with Crippen LogP contribution in [0.3, 0.4) is 0 Å². The third-order valence-electron chi connectivity index (χ3n) is 1.83. The van der Waals surface area contributed by atoms with E-state index in [4.69, 9.17) is 5.11 Å². The maximum Gasteiger partial charge on any atom is 0.0833 e. The van der Waals surface area contributed by atoms with Gasteiger partial charge in [-0.15, -0.1) is 0 Å². The lowest BCUT2D eigenvalue weighted by atomic mass is 9.86. The summed E-state index contributed by atoms with van der Waals surface area (Å²) in [5.41, 5.74) is 2.41. The molecule has 1 N–H and O–H groups in total. The van der Waals surface area contributed by atoms with Gasteiger partial charge >= 0.3 is 0 Å². The van der Waals surface area contributed by atoms with Gasteiger partial charge in [-0.2, -0.15) is 0 Å². The van der Waals surface area contributed by atoms with Crippen LogP contribution < -0.4 is 0 Å². The summed E-state index contributed by atoms with van der Waals surface area (Å²) in [6, 6.07) is 8.00. The third-order valence-corrected chi connectivity index (χ3v) is 1.83. The predicted octanol–water partition coefficient (Wildman–Crippen LogP) is 1.28. The molecule has 0 heterocycles. The quantitative estimate of drug-likeness (QED) is 0.546. The number of hydrogen-bond acceptors (Lipinski definition) is 1. The molecule has 1 aliphatic carbocycles. The highest BCUT2D eigenvalue weighted by atomic mass is 16.3. The summed E-state index contributed by atoms with van der Waals surface area (Å²) in [6.45, 7) is 0. The highest BCUT2D eigenvalue weighted by Gasteiger charge is 2.21. The van der Waals surface area contributed by atoms with Crippen LogP contribution in [0.15, 0.2) is 24.3 Å². The third kappa shape index (κ3) is 0.583. The van der Waals surface area contributed by atoms with Gasteiger partial charge in [0.25, 0.3) is 0 Å². The molecule has 0 saturated heterocycles. The molecule has 9 heavy (non-hydrogen) atoms. The minimum atomic E-state index is -0.179. The van der Waals surface area contributed by atoms with Crippen molar-refractivity contribution in [2.45, 2.75) is 12.5 Å². The minimum absolute atomic E-state index is 0.179. The van der Waals surface area contributed by atoms with Crippen LogP contribution in [0.1, 0.15) is 17.2 Å². The number of benzene rings is 1. The molecule has 0 radical (unpaired) electrons. The van der Waals surface area contributed by atoms with E-state index < -0.39 is 0 Å². The van der Waals surface area contributed by atoms with Crippen molar-refractivity contribution < 1.29 is 5.11 Å². The van der Waals surface area contributed by atoms with Crippen LogP contribution in [0.25, 0.3) is 0 Å². The molecule has 0 aromatic heterocycles. The average molecular weight is 120 g/mol. The summed E-state index contributed by atoms with van der Waals surface area (Å²) in [6.07, 6.45) is 0.664. The normalized spacial score (nSPS) is 22.6. The molecule has 0 aliphatic heterocycles. The van der Waals surface area contributed by atoms with Crippen molar-refractivity contribution in [2.24, 2.45) is 0 Å². The molecule has 1 aromatic rings. The van der Waals surface area contributed by atoms with E-state index in [9.17, 15) is 0 Å². The van der Waals surface area contributed by atoms with Gasteiger partial charge in [-0.1, -0.05) is 24.3 Å². The Morgan fingerprint density at radius 3 is 2.67 bits per heavy atom. The minimum Gasteiger partial charge on any atom is -0.388 e. The van der Waals surface area contributed by atoms with E-state index in [1.165, 1.54) is 5.56 Å². The first kappa shape index (κ1) is 5.00. The SMILES string of the molecule is OC1Cc2ccccc21. The molecule has 1 aliphatic rings. The Hall–Kier alpha value is -0.820. The van der Waals surface area contributed by atoms with Gasteiger partial charge < -0.3 is 5.11 Å². The van der Waals surface area contributed by atoms with Crippen LogP contribution in [0.4, 0.5) is 0 Å². The molecule has 1 nitrogen and oxygen atoms in total. The van der Waals surface area contributed by atoms with Crippen LogP contribution in [-0.4, -0.2) is 5.11 Å². The Morgan fingerprint density at radius 2 is 2.11 bits per heavy atom. The number of aliphatic hydroxyl groups excluding tert-OH is 1. The number of hydrogen-bond donors (Lipinski definition) is 1. The lowest BCUT2D eigenvalue weighted by Crippen LogP contribution is -2.15. The van der Waals surface area contributed by atoms with Gasteiger partial charge in [-0.05, 0) is 11.1 Å². The highest BCUT2D eigenvalue weighted by Crippen LogP contribution is 2.31. The zero-order chi connectivity index (χ0) is 6.27. The Bertz CT molecular complexity index is 230. The number of fused-ring (bicyclic) bond motifs is 1. The van der Waals surface area contributed by atoms with Crippen molar-refractivity contribution in [3.63, 3.8) is 0 Å². The zero-order valence-corrected chi connectivity index (χ0v) is 5.04. The fourth-order valence-corrected chi connectivity index (χ4v) is 1.23. The van der Waals surface area contributed by atoms with Crippen LogP contribution >= 0.6 is 0 Å². The van der Waals surface area contributed by atoms with E-state index in [2.05, 4.69) is 6.07 Å². The predicted molar refractivity (Wildman–Crippen MR) is 35.1 cm³/mol. The second-order valence-corrected chi connectivity index (χ2v) is 2.42. The van der Waals surface area contributed by atoms with Crippen LogP contribution in [0.5, 0.6) is 0 Å². The monoisotopic (exact) mass is 120 g/mol. The van der Waals surface area contributed by atoms with E-state index in [0.29, 0.717) is 0 Å². The van der Waals surface area contributed by atoms with Crippen molar-refractivity contribution in [2.75, 3.05) is 0 Å². The molecule has 0 saturated carbocycles. The molecule has 1 unspecified atom stereocenters. The Balaban J connectivity index is 2.51. The second kappa shape index (κ2) is 1.58. The van der Waals surface area contributed by atoms with E-state index in [0.717, 1.165) is 12.0 Å². The topological polar surface area (TPSA) is 20.2 Å². The molecule has 0 spiro atoms. The van der Waals surface area contributed by atoms with Gasteiger partial charge in [-0.3, -0.25) is 0 Å². The van der Waals surface area contributed by atoms with Crippen LogP contribution in [0.2, 0.25) is 0 Å². The largest absolute Gasteiger partial charge is 0.388 e. The molecule has 46 valence electrons. The first-order valence-corrected chi connectivity index (χ1v) is 3.14. The Morgan fingerprint density at radius 1 is 1.33 bits per heavy atom. The lowest BCUT2D eigenvalue weighted by Gasteiger charge is -2.24. The molecule has 2 rings (SSSR count). The lowest BCUT2D eigenvalue weighted by molar-refractivity contribution is 0.154. The molecular formula is C8H8O. The second-order valence-electron chi connectivity index (χ2n) is 2.42. The maximum absolute atomic E-state index is 9.10. The Kier molecular flexibility index (Phi) is 0.878. The molecular weight excluding hydrogens is 112 g/mol. The summed E-state index contributed by atoms with van der Waals surface area (Å²) in [4.78, 5) is 0. The standard InChI is InChI=1S/C8H8O/c9-8-5-6-3-1-2-4-7(6)8/h1-4,8-9H,5H2. The average Bonchev–Trinajstić information content (AvgIpc) is 1.86. The summed E-state index contributed by atoms with van der Waals surface area (Å²) >= 11 is 0. The van der Waals surface area contributed by atoms with Crippen molar-refractivity contribution >= 4 is 0 Å². The maximum atomic E-state index is 9.10. The highest BCUT2D eigenvalue weighted by molar-refractivity contribution is 5.37. The van der Waals surface area contributed by atoms with Gasteiger partial charge in [0.2, 0.25) is 0 Å². The number of aliphatic hydroxyl groups is 1. The fraction of sp³-hybridized carbons (Fsp3) is 0.250. The van der Waals surface area contributed by atoms with Crippen LogP contribution in [0, 0.1) is 0 Å². The Labute approximate surface area is 53.9 Å². The molecule has 1 aromatic carbocycles. The van der Waals surface area contributed by atoms with Gasteiger partial charge in [0, 0.05) is 6.42 Å². The summed E-state index contributed by atoms with van der Waals surface area (Å²) in [5.74, 6) is 0. The van der Waals surface area contributed by atoms with Crippen molar-refractivity contribution in [1.29, 1.82) is 0 Å². The van der Waals surface area contributed by atoms with Crippen molar-refractivity contribution in [1.82, 2.24) is 0 Å². The molecule has 0 bridgehead atoms. The van der Waals surface area contributed by atoms with E-state index in [1.54, 1.807) is 0 Å². The first-order valence-electron chi connectivity index (χ1n) is 3.14. The van der Waals surface area contributed by atoms with E-state index in [1.807, 2.05) is 18.2 Å².